The second-order valence-electron chi connectivity index (χ2n) is 13.2. The Morgan fingerprint density at radius 3 is 2.29 bits per heavy atom. The fourth-order valence-corrected chi connectivity index (χ4v) is 9.93. The number of rotatable bonds is 2. The molecule has 0 amide bonds. The topological polar surface area (TPSA) is 72.7 Å². The van der Waals surface area contributed by atoms with Crippen LogP contribution in [0.1, 0.15) is 85.5 Å². The van der Waals surface area contributed by atoms with Crippen LogP contribution in [0.3, 0.4) is 0 Å². The van der Waals surface area contributed by atoms with Gasteiger partial charge < -0.3 is 20.6 Å². The Bertz CT molecular complexity index is 663. The highest BCUT2D eigenvalue weighted by molar-refractivity contribution is 5.14. The molecule has 1 aliphatic heterocycles. The minimum absolute atomic E-state index is 0.128. The lowest BCUT2D eigenvalue weighted by Gasteiger charge is -2.62. The maximum Gasteiger partial charge on any atom is 0.0579 e. The van der Waals surface area contributed by atoms with Crippen molar-refractivity contribution in [2.24, 2.45) is 52.3 Å². The number of aliphatic hydroxyl groups is 3. The van der Waals surface area contributed by atoms with Crippen LogP contribution in [-0.2, 0) is 0 Å². The zero-order chi connectivity index (χ0) is 22.1. The van der Waals surface area contributed by atoms with Gasteiger partial charge in [-0.2, -0.15) is 0 Å². The van der Waals surface area contributed by atoms with E-state index in [1.165, 1.54) is 25.7 Å². The van der Waals surface area contributed by atoms with Crippen molar-refractivity contribution in [3.05, 3.63) is 0 Å². The first-order chi connectivity index (χ1) is 14.6. The first-order valence-electron chi connectivity index (χ1n) is 13.4. The van der Waals surface area contributed by atoms with E-state index in [9.17, 15) is 15.3 Å². The molecule has 0 aromatic rings. The summed E-state index contributed by atoms with van der Waals surface area (Å²) < 4.78 is 0. The molecule has 0 aromatic heterocycles. The van der Waals surface area contributed by atoms with E-state index in [-0.39, 0.29) is 29.1 Å². The standard InChI is InChI=1S/C27H47NO3/c1-15-5-6-21(28-14-15)16(2)25-23(31)13-20-24-19(8-10-27(20,25)4)26(3)9-7-18(29)11-17(26)12-22(24)30/h15-25,28-31H,5-14H2,1-4H3. The highest BCUT2D eigenvalue weighted by Gasteiger charge is 2.65. The van der Waals surface area contributed by atoms with Crippen molar-refractivity contribution in [2.75, 3.05) is 6.54 Å². The Morgan fingerprint density at radius 2 is 1.58 bits per heavy atom. The van der Waals surface area contributed by atoms with Gasteiger partial charge in [0.1, 0.15) is 0 Å². The van der Waals surface area contributed by atoms with Crippen molar-refractivity contribution in [3.63, 3.8) is 0 Å². The van der Waals surface area contributed by atoms with Crippen LogP contribution >= 0.6 is 0 Å². The quantitative estimate of drug-likeness (QED) is 0.532. The Kier molecular flexibility index (Phi) is 5.81. The summed E-state index contributed by atoms with van der Waals surface area (Å²) >= 11 is 0. The molecule has 5 rings (SSSR count). The van der Waals surface area contributed by atoms with Crippen molar-refractivity contribution in [3.8, 4) is 0 Å². The van der Waals surface area contributed by atoms with E-state index >= 15 is 0 Å². The lowest BCUT2D eigenvalue weighted by atomic mass is 9.43. The largest absolute Gasteiger partial charge is 0.393 e. The van der Waals surface area contributed by atoms with Crippen molar-refractivity contribution in [1.29, 1.82) is 0 Å². The van der Waals surface area contributed by atoms with Crippen LogP contribution in [0, 0.1) is 52.3 Å². The van der Waals surface area contributed by atoms with Crippen molar-refractivity contribution in [1.82, 2.24) is 5.32 Å². The smallest absolute Gasteiger partial charge is 0.0579 e. The highest BCUT2D eigenvalue weighted by Crippen LogP contribution is 2.68. The zero-order valence-electron chi connectivity index (χ0n) is 20.3. The molecule has 0 bridgehead atoms. The first kappa shape index (κ1) is 22.6. The van der Waals surface area contributed by atoms with Gasteiger partial charge in [0.25, 0.3) is 0 Å². The van der Waals surface area contributed by atoms with E-state index in [0.29, 0.717) is 41.5 Å². The van der Waals surface area contributed by atoms with Crippen molar-refractivity contribution in [2.45, 2.75) is 110 Å². The molecule has 4 heteroatoms. The number of piperidine rings is 1. The van der Waals surface area contributed by atoms with Gasteiger partial charge in [0.15, 0.2) is 0 Å². The van der Waals surface area contributed by atoms with Crippen LogP contribution in [0.5, 0.6) is 0 Å². The maximum absolute atomic E-state index is 11.4. The molecule has 1 heterocycles. The molecule has 13 unspecified atom stereocenters. The van der Waals surface area contributed by atoms with Gasteiger partial charge in [-0.1, -0.05) is 27.7 Å². The predicted octanol–water partition coefficient (Wildman–Crippen LogP) is 3.97. The number of nitrogens with one attached hydrogen (secondary N) is 1. The van der Waals surface area contributed by atoms with Crippen LogP contribution in [0.15, 0.2) is 0 Å². The summed E-state index contributed by atoms with van der Waals surface area (Å²) in [5, 5.41) is 36.9. The second-order valence-corrected chi connectivity index (χ2v) is 13.2. The van der Waals surface area contributed by atoms with Crippen molar-refractivity contribution >= 4 is 0 Å². The summed E-state index contributed by atoms with van der Waals surface area (Å²) in [6.45, 7) is 10.8. The third-order valence-corrected chi connectivity index (χ3v) is 11.7. The van der Waals surface area contributed by atoms with Crippen LogP contribution in [-0.4, -0.2) is 46.2 Å². The Labute approximate surface area is 189 Å². The van der Waals surface area contributed by atoms with E-state index in [2.05, 4.69) is 33.0 Å². The molecular weight excluding hydrogens is 386 g/mol. The molecule has 178 valence electrons. The first-order valence-corrected chi connectivity index (χ1v) is 13.4. The lowest BCUT2D eigenvalue weighted by molar-refractivity contribution is -0.175. The van der Waals surface area contributed by atoms with E-state index in [1.54, 1.807) is 0 Å². The molecule has 0 spiro atoms. The summed E-state index contributed by atoms with van der Waals surface area (Å²) in [6.07, 6.45) is 8.80. The molecule has 31 heavy (non-hydrogen) atoms. The van der Waals surface area contributed by atoms with Gasteiger partial charge in [-0.15, -0.1) is 0 Å². The van der Waals surface area contributed by atoms with E-state index < -0.39 is 0 Å². The molecule has 4 saturated carbocycles. The van der Waals surface area contributed by atoms with E-state index in [1.807, 2.05) is 0 Å². The number of hydrogen-bond donors (Lipinski definition) is 4. The SMILES string of the molecule is CC1CCC(C(C)C2C(O)CC3C4C(O)CC5CC(O)CCC5(C)C4CCC32C)NC1. The van der Waals surface area contributed by atoms with E-state index in [4.69, 9.17) is 0 Å². The maximum atomic E-state index is 11.4. The van der Waals surface area contributed by atoms with Gasteiger partial charge in [0, 0.05) is 6.04 Å². The third-order valence-electron chi connectivity index (χ3n) is 11.7. The molecule has 0 aromatic carbocycles. The third kappa shape index (κ3) is 3.45. The zero-order valence-corrected chi connectivity index (χ0v) is 20.3. The number of aliphatic hydroxyl groups excluding tert-OH is 3. The molecule has 4 aliphatic carbocycles. The lowest BCUT2D eigenvalue weighted by Crippen LogP contribution is -2.59. The summed E-state index contributed by atoms with van der Waals surface area (Å²) in [5.74, 6) is 3.30. The second kappa shape index (κ2) is 7.96. The molecule has 1 saturated heterocycles. The van der Waals surface area contributed by atoms with Gasteiger partial charge in [-0.3, -0.25) is 0 Å². The summed E-state index contributed by atoms with van der Waals surface area (Å²) in [4.78, 5) is 0. The molecule has 0 radical (unpaired) electrons. The Morgan fingerprint density at radius 1 is 0.839 bits per heavy atom. The summed E-state index contributed by atoms with van der Waals surface area (Å²) in [5.41, 5.74) is 0.378. The molecule has 4 N–H and O–H groups in total. The van der Waals surface area contributed by atoms with E-state index in [0.717, 1.165) is 44.6 Å². The average molecular weight is 434 g/mol. The number of hydrogen-bond acceptors (Lipinski definition) is 4. The Hall–Kier alpha value is -0.160. The monoisotopic (exact) mass is 433 g/mol. The predicted molar refractivity (Wildman–Crippen MR) is 123 cm³/mol. The summed E-state index contributed by atoms with van der Waals surface area (Å²) in [6, 6.07) is 0.516. The minimum atomic E-state index is -0.270. The summed E-state index contributed by atoms with van der Waals surface area (Å²) in [7, 11) is 0. The fourth-order valence-electron chi connectivity index (χ4n) is 9.93. The van der Waals surface area contributed by atoms with Gasteiger partial charge >= 0.3 is 0 Å². The van der Waals surface area contributed by atoms with Crippen LogP contribution in [0.4, 0.5) is 0 Å². The van der Waals surface area contributed by atoms with Crippen molar-refractivity contribution < 1.29 is 15.3 Å². The van der Waals surface area contributed by atoms with Gasteiger partial charge in [-0.05, 0) is 117 Å². The minimum Gasteiger partial charge on any atom is -0.393 e. The molecular formula is C27H47NO3. The highest BCUT2D eigenvalue weighted by atomic mass is 16.3. The molecule has 13 atom stereocenters. The van der Waals surface area contributed by atoms with Gasteiger partial charge in [-0.25, -0.2) is 0 Å². The fraction of sp³-hybridized carbons (Fsp3) is 1.00. The van der Waals surface area contributed by atoms with Gasteiger partial charge in [0.2, 0.25) is 0 Å². The van der Waals surface area contributed by atoms with Crippen LogP contribution in [0.25, 0.3) is 0 Å². The van der Waals surface area contributed by atoms with Crippen LogP contribution < -0.4 is 5.32 Å². The normalized spacial score (nSPS) is 58.2. The molecule has 5 aliphatic rings. The molecule has 4 nitrogen and oxygen atoms in total. The number of fused-ring (bicyclic) bond motifs is 5. The van der Waals surface area contributed by atoms with Crippen LogP contribution in [0.2, 0.25) is 0 Å². The molecule has 5 fully saturated rings. The van der Waals surface area contributed by atoms with Gasteiger partial charge in [0.05, 0.1) is 18.3 Å². The average Bonchev–Trinajstić information content (AvgIpc) is 2.99. The Balaban J connectivity index is 1.40.